The van der Waals surface area contributed by atoms with Gasteiger partial charge in [0.25, 0.3) is 0 Å². The lowest BCUT2D eigenvalue weighted by molar-refractivity contribution is -0.131. The molecule has 21 heavy (non-hydrogen) atoms. The fourth-order valence-corrected chi connectivity index (χ4v) is 2.54. The SMILES string of the molecule is CC1(C)OB(C(F)=C2CCC(=CC(=O)O)CC2)OC1(C)C. The van der Waals surface area contributed by atoms with Crippen molar-refractivity contribution < 1.29 is 23.6 Å². The minimum Gasteiger partial charge on any atom is -0.478 e. The summed E-state index contributed by atoms with van der Waals surface area (Å²) in [7, 11) is -0.949. The number of rotatable bonds is 2. The van der Waals surface area contributed by atoms with Gasteiger partial charge in [-0.1, -0.05) is 5.57 Å². The Morgan fingerprint density at radius 3 is 2.05 bits per heavy atom. The Labute approximate surface area is 125 Å². The van der Waals surface area contributed by atoms with E-state index < -0.39 is 24.3 Å². The van der Waals surface area contributed by atoms with Crippen molar-refractivity contribution in [1.29, 1.82) is 0 Å². The van der Waals surface area contributed by atoms with Crippen LogP contribution in [0.15, 0.2) is 22.9 Å². The Kier molecular flexibility index (Phi) is 4.31. The summed E-state index contributed by atoms with van der Waals surface area (Å²) < 4.78 is 26.0. The molecule has 1 aliphatic heterocycles. The van der Waals surface area contributed by atoms with Crippen molar-refractivity contribution in [1.82, 2.24) is 0 Å². The Bertz CT molecular complexity index is 480. The van der Waals surface area contributed by atoms with Crippen molar-refractivity contribution >= 4 is 13.1 Å². The third-order valence-electron chi connectivity index (χ3n) is 4.62. The number of allylic oxidation sites excluding steroid dienone is 2. The number of carboxylic acid groups (broad SMARTS) is 1. The minimum absolute atomic E-state index is 0.344. The van der Waals surface area contributed by atoms with Crippen LogP contribution in [-0.4, -0.2) is 29.4 Å². The third-order valence-corrected chi connectivity index (χ3v) is 4.62. The molecule has 2 fully saturated rings. The van der Waals surface area contributed by atoms with E-state index in [2.05, 4.69) is 0 Å². The predicted octanol–water partition coefficient (Wildman–Crippen LogP) is 3.43. The van der Waals surface area contributed by atoms with Gasteiger partial charge in [-0.15, -0.1) is 0 Å². The fourth-order valence-electron chi connectivity index (χ4n) is 2.54. The molecule has 1 saturated heterocycles. The standard InChI is InChI=1S/C15H22BFO4/c1-14(2)15(3,4)21-16(20-14)13(17)11-7-5-10(6-8-11)9-12(18)19/h9H,5-8H2,1-4H3,(H,18,19). The number of halogens is 1. The van der Waals surface area contributed by atoms with Crippen LogP contribution < -0.4 is 0 Å². The summed E-state index contributed by atoms with van der Waals surface area (Å²) in [6.45, 7) is 7.55. The first-order valence-electron chi connectivity index (χ1n) is 7.28. The Morgan fingerprint density at radius 1 is 1.14 bits per heavy atom. The molecule has 1 N–H and O–H groups in total. The molecule has 0 unspecified atom stereocenters. The average Bonchev–Trinajstić information content (AvgIpc) is 2.58. The number of carbonyl (C=O) groups is 1. The number of aliphatic carboxylic acids is 1. The molecule has 1 heterocycles. The number of hydrogen-bond donors (Lipinski definition) is 1. The van der Waals surface area contributed by atoms with E-state index in [4.69, 9.17) is 14.4 Å². The van der Waals surface area contributed by atoms with Crippen molar-refractivity contribution in [3.8, 4) is 0 Å². The maximum Gasteiger partial charge on any atom is 0.525 e. The van der Waals surface area contributed by atoms with Gasteiger partial charge in [0.2, 0.25) is 0 Å². The van der Waals surface area contributed by atoms with Crippen LogP contribution >= 0.6 is 0 Å². The zero-order valence-corrected chi connectivity index (χ0v) is 13.0. The van der Waals surface area contributed by atoms with Crippen LogP contribution in [-0.2, 0) is 14.1 Å². The largest absolute Gasteiger partial charge is 0.525 e. The molecule has 116 valence electrons. The molecule has 0 atom stereocenters. The van der Waals surface area contributed by atoms with Crippen LogP contribution in [0.2, 0.25) is 0 Å². The summed E-state index contributed by atoms with van der Waals surface area (Å²) in [5, 5.41) is 8.73. The highest BCUT2D eigenvalue weighted by molar-refractivity contribution is 6.53. The molecule has 0 radical (unpaired) electrons. The van der Waals surface area contributed by atoms with Crippen LogP contribution in [0.3, 0.4) is 0 Å². The average molecular weight is 296 g/mol. The van der Waals surface area contributed by atoms with Crippen molar-refractivity contribution in [3.05, 3.63) is 22.9 Å². The summed E-state index contributed by atoms with van der Waals surface area (Å²) in [4.78, 5) is 10.6. The Balaban J connectivity index is 2.08. The zero-order chi connectivity index (χ0) is 15.8. The smallest absolute Gasteiger partial charge is 0.478 e. The second kappa shape index (κ2) is 5.57. The van der Waals surface area contributed by atoms with Gasteiger partial charge in [0, 0.05) is 6.08 Å². The molecule has 0 aromatic carbocycles. The predicted molar refractivity (Wildman–Crippen MR) is 78.4 cm³/mol. The van der Waals surface area contributed by atoms with Gasteiger partial charge in [0.05, 0.1) is 11.2 Å². The van der Waals surface area contributed by atoms with Gasteiger partial charge in [-0.25, -0.2) is 9.18 Å². The van der Waals surface area contributed by atoms with Gasteiger partial charge < -0.3 is 14.4 Å². The molecule has 1 saturated carbocycles. The molecule has 6 heteroatoms. The third kappa shape index (κ3) is 3.38. The Morgan fingerprint density at radius 2 is 1.62 bits per heavy atom. The molecule has 0 aromatic rings. The van der Waals surface area contributed by atoms with Gasteiger partial charge in [0.1, 0.15) is 5.73 Å². The van der Waals surface area contributed by atoms with Crippen LogP contribution in [0.4, 0.5) is 4.39 Å². The van der Waals surface area contributed by atoms with Crippen molar-refractivity contribution in [2.24, 2.45) is 0 Å². The molecule has 0 amide bonds. The van der Waals surface area contributed by atoms with Gasteiger partial charge in [-0.3, -0.25) is 0 Å². The molecule has 0 spiro atoms. The van der Waals surface area contributed by atoms with Gasteiger partial charge in [-0.05, 0) is 59.0 Å². The maximum atomic E-state index is 14.6. The molecular weight excluding hydrogens is 274 g/mol. The summed E-state index contributed by atoms with van der Waals surface area (Å²) in [6, 6.07) is 0. The van der Waals surface area contributed by atoms with Crippen molar-refractivity contribution in [2.45, 2.75) is 64.6 Å². The molecule has 1 aliphatic carbocycles. The molecule has 0 bridgehead atoms. The van der Waals surface area contributed by atoms with E-state index in [0.29, 0.717) is 31.3 Å². The quantitative estimate of drug-likeness (QED) is 0.626. The monoisotopic (exact) mass is 296 g/mol. The molecule has 2 rings (SSSR count). The number of carboxylic acids is 1. The molecule has 0 aromatic heterocycles. The van der Waals surface area contributed by atoms with E-state index in [0.717, 1.165) is 5.57 Å². The highest BCUT2D eigenvalue weighted by Crippen LogP contribution is 2.41. The van der Waals surface area contributed by atoms with Crippen LogP contribution in [0.1, 0.15) is 53.4 Å². The lowest BCUT2D eigenvalue weighted by Gasteiger charge is -2.32. The van der Waals surface area contributed by atoms with E-state index >= 15 is 0 Å². The van der Waals surface area contributed by atoms with Crippen LogP contribution in [0, 0.1) is 0 Å². The summed E-state index contributed by atoms with van der Waals surface area (Å²) in [6.07, 6.45) is 3.43. The second-order valence-electron chi connectivity index (χ2n) is 6.68. The van der Waals surface area contributed by atoms with E-state index in [1.54, 1.807) is 0 Å². The highest BCUT2D eigenvalue weighted by atomic mass is 19.1. The first-order valence-corrected chi connectivity index (χ1v) is 7.28. The summed E-state index contributed by atoms with van der Waals surface area (Å²) in [5.74, 6) is -0.941. The van der Waals surface area contributed by atoms with Gasteiger partial charge in [0.15, 0.2) is 0 Å². The zero-order valence-electron chi connectivity index (χ0n) is 13.0. The minimum atomic E-state index is -0.949. The molecular formula is C15H22BFO4. The fraction of sp³-hybridized carbons (Fsp3) is 0.667. The Hall–Kier alpha value is -1.14. The van der Waals surface area contributed by atoms with E-state index in [-0.39, 0.29) is 5.73 Å². The normalized spacial score (nSPS) is 24.1. The molecule has 4 nitrogen and oxygen atoms in total. The second-order valence-corrected chi connectivity index (χ2v) is 6.68. The van der Waals surface area contributed by atoms with Crippen LogP contribution in [0.5, 0.6) is 0 Å². The molecule has 2 aliphatic rings. The maximum absolute atomic E-state index is 14.6. The van der Waals surface area contributed by atoms with Crippen molar-refractivity contribution in [3.63, 3.8) is 0 Å². The van der Waals surface area contributed by atoms with E-state index in [1.165, 1.54) is 6.08 Å². The van der Waals surface area contributed by atoms with Crippen LogP contribution in [0.25, 0.3) is 0 Å². The topological polar surface area (TPSA) is 55.8 Å². The van der Waals surface area contributed by atoms with Gasteiger partial charge >= 0.3 is 13.1 Å². The lowest BCUT2D eigenvalue weighted by atomic mass is 9.79. The van der Waals surface area contributed by atoms with E-state index in [1.807, 2.05) is 27.7 Å². The summed E-state index contributed by atoms with van der Waals surface area (Å²) in [5.41, 5.74) is 0.0732. The lowest BCUT2D eigenvalue weighted by Crippen LogP contribution is -2.41. The van der Waals surface area contributed by atoms with E-state index in [9.17, 15) is 9.18 Å². The summed E-state index contributed by atoms with van der Waals surface area (Å²) >= 11 is 0. The first kappa shape index (κ1) is 16.2. The van der Waals surface area contributed by atoms with Crippen molar-refractivity contribution in [2.75, 3.05) is 0 Å². The number of hydrogen-bond acceptors (Lipinski definition) is 3. The highest BCUT2D eigenvalue weighted by Gasteiger charge is 2.53. The van der Waals surface area contributed by atoms with Gasteiger partial charge in [-0.2, -0.15) is 0 Å². The first-order chi connectivity index (χ1) is 9.62.